The van der Waals surface area contributed by atoms with Crippen LogP contribution in [-0.2, 0) is 6.54 Å². The quantitative estimate of drug-likeness (QED) is 0.774. The number of anilines is 1. The molecule has 0 saturated carbocycles. The second-order valence-corrected chi connectivity index (χ2v) is 3.95. The van der Waals surface area contributed by atoms with Gasteiger partial charge in [-0.15, -0.1) is 11.6 Å². The van der Waals surface area contributed by atoms with E-state index in [4.69, 9.17) is 11.6 Å². The smallest absolute Gasteiger partial charge is 0.342 e. The van der Waals surface area contributed by atoms with Crippen LogP contribution < -0.4 is 10.5 Å². The lowest BCUT2D eigenvalue weighted by atomic mass is 10.4. The van der Waals surface area contributed by atoms with Gasteiger partial charge in [0.2, 0.25) is 0 Å². The summed E-state index contributed by atoms with van der Waals surface area (Å²) < 4.78 is 38.5. The molecular formula is C10H13ClF3N3O. The zero-order valence-electron chi connectivity index (χ0n) is 9.74. The maximum absolute atomic E-state index is 12.4. The molecule has 0 atom stereocenters. The van der Waals surface area contributed by atoms with Gasteiger partial charge in [-0.25, -0.2) is 4.98 Å². The van der Waals surface area contributed by atoms with Gasteiger partial charge in [0.05, 0.1) is 0 Å². The van der Waals surface area contributed by atoms with Crippen LogP contribution in [0.3, 0.4) is 0 Å². The molecule has 0 unspecified atom stereocenters. The SMILES string of the molecule is CCn1ccnc(N(CCCl)CC(F)(F)F)c1=O. The minimum absolute atomic E-state index is 0.0157. The van der Waals surface area contributed by atoms with Gasteiger partial charge in [0.1, 0.15) is 6.54 Å². The van der Waals surface area contributed by atoms with Crippen molar-refractivity contribution in [2.75, 3.05) is 23.9 Å². The summed E-state index contributed by atoms with van der Waals surface area (Å²) in [6, 6.07) is 0. The molecule has 4 nitrogen and oxygen atoms in total. The van der Waals surface area contributed by atoms with Crippen molar-refractivity contribution < 1.29 is 13.2 Å². The van der Waals surface area contributed by atoms with E-state index in [1.54, 1.807) is 6.92 Å². The fourth-order valence-electron chi connectivity index (χ4n) is 1.48. The Morgan fingerprint density at radius 3 is 2.67 bits per heavy atom. The van der Waals surface area contributed by atoms with Gasteiger partial charge >= 0.3 is 6.18 Å². The van der Waals surface area contributed by atoms with Gasteiger partial charge in [-0.3, -0.25) is 4.79 Å². The molecule has 1 rings (SSSR count). The average molecular weight is 284 g/mol. The number of aromatic nitrogens is 2. The van der Waals surface area contributed by atoms with Crippen molar-refractivity contribution in [3.63, 3.8) is 0 Å². The summed E-state index contributed by atoms with van der Waals surface area (Å²) in [6.07, 6.45) is -1.68. The molecule has 0 aliphatic heterocycles. The highest BCUT2D eigenvalue weighted by atomic mass is 35.5. The summed E-state index contributed by atoms with van der Waals surface area (Å²) in [4.78, 5) is 16.4. The van der Waals surface area contributed by atoms with E-state index in [1.165, 1.54) is 17.0 Å². The molecule has 0 aliphatic carbocycles. The van der Waals surface area contributed by atoms with Crippen LogP contribution in [0.4, 0.5) is 19.0 Å². The van der Waals surface area contributed by atoms with Crippen molar-refractivity contribution in [3.8, 4) is 0 Å². The molecule has 0 saturated heterocycles. The number of hydrogen-bond donors (Lipinski definition) is 0. The average Bonchev–Trinajstić information content (AvgIpc) is 2.27. The van der Waals surface area contributed by atoms with Crippen molar-refractivity contribution in [3.05, 3.63) is 22.7 Å². The van der Waals surface area contributed by atoms with Gasteiger partial charge in [0.25, 0.3) is 5.56 Å². The molecule has 0 radical (unpaired) electrons. The molecule has 1 aromatic heterocycles. The van der Waals surface area contributed by atoms with E-state index in [9.17, 15) is 18.0 Å². The van der Waals surface area contributed by atoms with Crippen LogP contribution in [0.25, 0.3) is 0 Å². The van der Waals surface area contributed by atoms with E-state index in [1.807, 2.05) is 0 Å². The number of alkyl halides is 4. The van der Waals surface area contributed by atoms with Crippen LogP contribution in [-0.4, -0.2) is 34.7 Å². The lowest BCUT2D eigenvalue weighted by molar-refractivity contribution is -0.119. The molecule has 1 aromatic rings. The van der Waals surface area contributed by atoms with Crippen LogP contribution >= 0.6 is 11.6 Å². The van der Waals surface area contributed by atoms with Gasteiger partial charge in [-0.05, 0) is 6.92 Å². The molecule has 8 heteroatoms. The Morgan fingerprint density at radius 1 is 1.50 bits per heavy atom. The Morgan fingerprint density at radius 2 is 2.17 bits per heavy atom. The number of nitrogens with zero attached hydrogens (tertiary/aromatic N) is 3. The third-order valence-electron chi connectivity index (χ3n) is 2.26. The Labute approximate surface area is 107 Å². The first-order chi connectivity index (χ1) is 8.39. The molecule has 0 amide bonds. The summed E-state index contributed by atoms with van der Waals surface area (Å²) in [5, 5.41) is 0. The topological polar surface area (TPSA) is 38.1 Å². The first kappa shape index (κ1) is 14.8. The molecule has 0 spiro atoms. The summed E-state index contributed by atoms with van der Waals surface area (Å²) in [5.41, 5.74) is -0.547. The zero-order valence-corrected chi connectivity index (χ0v) is 10.5. The fraction of sp³-hybridized carbons (Fsp3) is 0.600. The Balaban J connectivity index is 3.10. The van der Waals surface area contributed by atoms with Crippen molar-refractivity contribution in [1.82, 2.24) is 9.55 Å². The van der Waals surface area contributed by atoms with E-state index in [2.05, 4.69) is 4.98 Å². The maximum Gasteiger partial charge on any atom is 0.405 e. The standard InChI is InChI=1S/C10H13ClF3N3O/c1-2-16-6-4-15-8(9(16)18)17(5-3-11)7-10(12,13)14/h4,6H,2-3,5,7H2,1H3. The number of aryl methyl sites for hydroxylation is 1. The fourth-order valence-corrected chi connectivity index (χ4v) is 1.68. The van der Waals surface area contributed by atoms with Gasteiger partial charge in [0.15, 0.2) is 5.82 Å². The Bertz CT molecular complexity index is 447. The summed E-state index contributed by atoms with van der Waals surface area (Å²) in [6.45, 7) is 0.767. The highest BCUT2D eigenvalue weighted by Crippen LogP contribution is 2.18. The largest absolute Gasteiger partial charge is 0.405 e. The lowest BCUT2D eigenvalue weighted by Crippen LogP contribution is -2.40. The van der Waals surface area contributed by atoms with E-state index in [0.29, 0.717) is 6.54 Å². The van der Waals surface area contributed by atoms with Crippen LogP contribution in [0, 0.1) is 0 Å². The predicted octanol–water partition coefficient (Wildman–Crippen LogP) is 1.87. The second-order valence-electron chi connectivity index (χ2n) is 3.57. The van der Waals surface area contributed by atoms with Crippen molar-refractivity contribution in [2.24, 2.45) is 0 Å². The second kappa shape index (κ2) is 6.08. The maximum atomic E-state index is 12.4. The molecule has 18 heavy (non-hydrogen) atoms. The Hall–Kier alpha value is -1.24. The minimum Gasteiger partial charge on any atom is -0.342 e. The minimum atomic E-state index is -4.41. The van der Waals surface area contributed by atoms with Gasteiger partial charge < -0.3 is 9.47 Å². The van der Waals surface area contributed by atoms with E-state index in [0.717, 1.165) is 4.90 Å². The van der Waals surface area contributed by atoms with Crippen LogP contribution in [0.2, 0.25) is 0 Å². The lowest BCUT2D eigenvalue weighted by Gasteiger charge is -2.23. The molecule has 0 bridgehead atoms. The Kier molecular flexibility index (Phi) is 5.01. The predicted molar refractivity (Wildman–Crippen MR) is 63.2 cm³/mol. The van der Waals surface area contributed by atoms with E-state index >= 15 is 0 Å². The van der Waals surface area contributed by atoms with Crippen LogP contribution in [0.5, 0.6) is 0 Å². The molecular weight excluding hydrogens is 271 g/mol. The first-order valence-corrected chi connectivity index (χ1v) is 5.85. The van der Waals surface area contributed by atoms with Crippen molar-refractivity contribution in [1.29, 1.82) is 0 Å². The van der Waals surface area contributed by atoms with Crippen molar-refractivity contribution >= 4 is 17.4 Å². The third-order valence-corrected chi connectivity index (χ3v) is 2.43. The number of hydrogen-bond acceptors (Lipinski definition) is 3. The number of rotatable bonds is 5. The molecule has 1 heterocycles. The zero-order chi connectivity index (χ0) is 13.8. The third kappa shape index (κ3) is 3.90. The van der Waals surface area contributed by atoms with Gasteiger partial charge in [-0.1, -0.05) is 0 Å². The van der Waals surface area contributed by atoms with Crippen molar-refractivity contribution in [2.45, 2.75) is 19.6 Å². The highest BCUT2D eigenvalue weighted by molar-refractivity contribution is 6.18. The normalized spacial score (nSPS) is 11.6. The van der Waals surface area contributed by atoms with E-state index < -0.39 is 18.3 Å². The summed E-state index contributed by atoms with van der Waals surface area (Å²) in [7, 11) is 0. The molecule has 102 valence electrons. The molecule has 0 aromatic carbocycles. The van der Waals surface area contributed by atoms with Crippen LogP contribution in [0.1, 0.15) is 6.92 Å². The highest BCUT2D eigenvalue weighted by Gasteiger charge is 2.32. The number of halogens is 4. The first-order valence-electron chi connectivity index (χ1n) is 5.32. The van der Waals surface area contributed by atoms with Gasteiger partial charge in [0, 0.05) is 31.4 Å². The summed E-state index contributed by atoms with van der Waals surface area (Å²) >= 11 is 5.46. The van der Waals surface area contributed by atoms with E-state index in [-0.39, 0.29) is 18.2 Å². The summed E-state index contributed by atoms with van der Waals surface area (Å²) in [5.74, 6) is -0.240. The van der Waals surface area contributed by atoms with Crippen LogP contribution in [0.15, 0.2) is 17.2 Å². The molecule has 0 fully saturated rings. The molecule has 0 aliphatic rings. The van der Waals surface area contributed by atoms with Gasteiger partial charge in [-0.2, -0.15) is 13.2 Å². The monoisotopic (exact) mass is 283 g/mol. The molecule has 0 N–H and O–H groups in total.